The molecule has 0 bridgehead atoms. The van der Waals surface area contributed by atoms with Gasteiger partial charge in [-0.05, 0) is 64.6 Å². The number of nitrogens with zero attached hydrogens (tertiary/aromatic N) is 3. The lowest BCUT2D eigenvalue weighted by molar-refractivity contribution is -0.144. The Balaban J connectivity index is 1.22. The molecule has 0 N–H and O–H groups in total. The van der Waals surface area contributed by atoms with Crippen LogP contribution in [0.25, 0.3) is 17.3 Å². The van der Waals surface area contributed by atoms with E-state index in [0.717, 1.165) is 39.9 Å². The van der Waals surface area contributed by atoms with Gasteiger partial charge in [0.15, 0.2) is 11.5 Å². The second kappa shape index (κ2) is 13.7. The summed E-state index contributed by atoms with van der Waals surface area (Å²) in [5, 5.41) is 0. The van der Waals surface area contributed by atoms with Crippen LogP contribution in [0.3, 0.4) is 0 Å². The Morgan fingerprint density at radius 2 is 1.57 bits per heavy atom. The fourth-order valence-corrected chi connectivity index (χ4v) is 6.20. The maximum atomic E-state index is 14.6. The normalized spacial score (nSPS) is 14.1. The number of aromatic nitrogens is 1. The number of carbonyl (C=O) groups is 2. The minimum atomic E-state index is -0.716. The van der Waals surface area contributed by atoms with E-state index < -0.39 is 6.04 Å². The van der Waals surface area contributed by atoms with E-state index in [1.165, 1.54) is 5.56 Å². The number of hydrogen-bond donors (Lipinski definition) is 0. The van der Waals surface area contributed by atoms with Crippen molar-refractivity contribution in [3.63, 3.8) is 0 Å². The van der Waals surface area contributed by atoms with E-state index in [-0.39, 0.29) is 25.2 Å². The van der Waals surface area contributed by atoms with Gasteiger partial charge in [-0.25, -0.2) is 0 Å². The van der Waals surface area contributed by atoms with Crippen molar-refractivity contribution in [2.75, 3.05) is 13.3 Å². The summed E-state index contributed by atoms with van der Waals surface area (Å²) in [7, 11) is 0. The van der Waals surface area contributed by atoms with Crippen molar-refractivity contribution in [3.8, 4) is 22.8 Å². The van der Waals surface area contributed by atoms with E-state index in [4.69, 9.17) is 9.47 Å². The highest BCUT2D eigenvalue weighted by molar-refractivity contribution is 5.96. The standard InChI is InChI=1S/C40H35N3O4/c44-39(20-16-30-15-19-37-38(25-30)47-28-46-37)43(26-31-13-17-33(18-14-31)35-12-6-7-22-41-35)36(24-29-8-2-1-3-9-29)40(45)42-23-21-32-10-4-5-11-34(32)27-42/h1-20,22,25,36H,21,23-24,26-28H2/t36-/m0/s1. The van der Waals surface area contributed by atoms with Crippen LogP contribution in [0, 0.1) is 0 Å². The average Bonchev–Trinajstić information content (AvgIpc) is 3.61. The van der Waals surface area contributed by atoms with Crippen LogP contribution < -0.4 is 9.47 Å². The molecule has 0 aliphatic carbocycles. The quantitative estimate of drug-likeness (QED) is 0.171. The minimum Gasteiger partial charge on any atom is -0.454 e. The highest BCUT2D eigenvalue weighted by atomic mass is 16.7. The topological polar surface area (TPSA) is 72.0 Å². The molecule has 3 heterocycles. The molecule has 0 radical (unpaired) electrons. The molecule has 7 heteroatoms. The van der Waals surface area contributed by atoms with Gasteiger partial charge < -0.3 is 19.3 Å². The van der Waals surface area contributed by atoms with Gasteiger partial charge in [0.25, 0.3) is 0 Å². The molecule has 2 aliphatic rings. The van der Waals surface area contributed by atoms with Gasteiger partial charge >= 0.3 is 0 Å². The molecule has 1 atom stereocenters. The van der Waals surface area contributed by atoms with Gasteiger partial charge in [0.1, 0.15) is 6.04 Å². The average molecular weight is 622 g/mol. The highest BCUT2D eigenvalue weighted by Crippen LogP contribution is 2.33. The van der Waals surface area contributed by atoms with Gasteiger partial charge in [-0.3, -0.25) is 14.6 Å². The lowest BCUT2D eigenvalue weighted by atomic mass is 9.97. The van der Waals surface area contributed by atoms with Crippen LogP contribution in [-0.4, -0.2) is 46.0 Å². The van der Waals surface area contributed by atoms with E-state index in [1.807, 2.05) is 108 Å². The Morgan fingerprint density at radius 1 is 0.809 bits per heavy atom. The molecule has 0 fully saturated rings. The molecule has 0 saturated heterocycles. The van der Waals surface area contributed by atoms with Crippen LogP contribution in [0.5, 0.6) is 11.5 Å². The monoisotopic (exact) mass is 621 g/mol. The summed E-state index contributed by atoms with van der Waals surface area (Å²) in [6.07, 6.45) is 6.27. The van der Waals surface area contributed by atoms with E-state index >= 15 is 0 Å². The molecule has 4 aromatic carbocycles. The molecule has 2 amide bonds. The lowest BCUT2D eigenvalue weighted by Gasteiger charge is -2.37. The predicted molar refractivity (Wildman–Crippen MR) is 181 cm³/mol. The van der Waals surface area contributed by atoms with Gasteiger partial charge in [0.2, 0.25) is 18.6 Å². The largest absolute Gasteiger partial charge is 0.454 e. The Hall–Kier alpha value is -5.69. The molecule has 47 heavy (non-hydrogen) atoms. The van der Waals surface area contributed by atoms with E-state index in [9.17, 15) is 9.59 Å². The van der Waals surface area contributed by atoms with Gasteiger partial charge in [-0.2, -0.15) is 0 Å². The zero-order valence-corrected chi connectivity index (χ0v) is 26.0. The number of fused-ring (bicyclic) bond motifs is 2. The third-order valence-corrected chi connectivity index (χ3v) is 8.74. The minimum absolute atomic E-state index is 0.0571. The van der Waals surface area contributed by atoms with Crippen molar-refractivity contribution in [3.05, 3.63) is 155 Å². The molecule has 0 saturated carbocycles. The molecule has 0 spiro atoms. The second-order valence-corrected chi connectivity index (χ2v) is 11.8. The Kier molecular flexibility index (Phi) is 8.77. The first kappa shape index (κ1) is 30.0. The second-order valence-electron chi connectivity index (χ2n) is 11.8. The SMILES string of the molecule is O=C([C@H](Cc1ccccc1)N(Cc1ccc(-c2ccccn2)cc1)C(=O)C=Cc1ccc2c(c1)OCO2)N1CCc2ccccc2C1. The molecule has 7 nitrogen and oxygen atoms in total. The molecule has 2 aliphatic heterocycles. The molecule has 1 aromatic heterocycles. The third-order valence-electron chi connectivity index (χ3n) is 8.74. The summed E-state index contributed by atoms with van der Waals surface area (Å²) in [4.78, 5) is 36.9. The van der Waals surface area contributed by atoms with Crippen molar-refractivity contribution in [2.24, 2.45) is 0 Å². The number of hydrogen-bond acceptors (Lipinski definition) is 5. The Bertz CT molecular complexity index is 1890. The first-order valence-corrected chi connectivity index (χ1v) is 15.9. The van der Waals surface area contributed by atoms with Crippen molar-refractivity contribution < 1.29 is 19.1 Å². The van der Waals surface area contributed by atoms with Gasteiger partial charge in [-0.15, -0.1) is 0 Å². The van der Waals surface area contributed by atoms with Gasteiger partial charge in [0, 0.05) is 43.9 Å². The fourth-order valence-electron chi connectivity index (χ4n) is 6.20. The Morgan fingerprint density at radius 3 is 2.38 bits per heavy atom. The summed E-state index contributed by atoms with van der Waals surface area (Å²) in [5.41, 5.74) is 7.00. The number of pyridine rings is 1. The number of amides is 2. The first-order chi connectivity index (χ1) is 23.1. The molecular formula is C40H35N3O4. The van der Waals surface area contributed by atoms with E-state index in [2.05, 4.69) is 17.1 Å². The molecule has 0 unspecified atom stereocenters. The van der Waals surface area contributed by atoms with Crippen LogP contribution in [0.2, 0.25) is 0 Å². The van der Waals surface area contributed by atoms with Crippen molar-refractivity contribution in [1.29, 1.82) is 0 Å². The molecule has 7 rings (SSSR count). The van der Waals surface area contributed by atoms with Crippen LogP contribution in [0.4, 0.5) is 0 Å². The summed E-state index contributed by atoms with van der Waals surface area (Å²) in [5.74, 6) is 1.02. The number of benzene rings is 4. The van der Waals surface area contributed by atoms with Crippen molar-refractivity contribution >= 4 is 17.9 Å². The van der Waals surface area contributed by atoms with Crippen molar-refractivity contribution in [1.82, 2.24) is 14.8 Å². The first-order valence-electron chi connectivity index (χ1n) is 15.9. The maximum absolute atomic E-state index is 14.6. The predicted octanol–water partition coefficient (Wildman–Crippen LogP) is 6.72. The Labute approximate surface area is 274 Å². The zero-order chi connectivity index (χ0) is 32.0. The summed E-state index contributed by atoms with van der Waals surface area (Å²) >= 11 is 0. The lowest BCUT2D eigenvalue weighted by Crippen LogP contribution is -2.52. The zero-order valence-electron chi connectivity index (χ0n) is 26.0. The maximum Gasteiger partial charge on any atom is 0.247 e. The summed E-state index contributed by atoms with van der Waals surface area (Å²) < 4.78 is 11.0. The molecular weight excluding hydrogens is 586 g/mol. The van der Waals surface area contributed by atoms with Crippen LogP contribution in [0.1, 0.15) is 27.8 Å². The van der Waals surface area contributed by atoms with E-state index in [0.29, 0.717) is 31.0 Å². The van der Waals surface area contributed by atoms with Gasteiger partial charge in [-0.1, -0.05) is 91.0 Å². The smallest absolute Gasteiger partial charge is 0.247 e. The van der Waals surface area contributed by atoms with Crippen LogP contribution >= 0.6 is 0 Å². The third kappa shape index (κ3) is 6.94. The highest BCUT2D eigenvalue weighted by Gasteiger charge is 2.34. The number of carbonyl (C=O) groups excluding carboxylic acids is 2. The molecule has 5 aromatic rings. The van der Waals surface area contributed by atoms with Crippen LogP contribution in [-0.2, 0) is 35.5 Å². The number of ether oxygens (including phenoxy) is 2. The van der Waals surface area contributed by atoms with Crippen LogP contribution in [0.15, 0.2) is 128 Å². The number of rotatable bonds is 9. The van der Waals surface area contributed by atoms with Gasteiger partial charge in [0.05, 0.1) is 5.69 Å². The summed E-state index contributed by atoms with van der Waals surface area (Å²) in [6.45, 7) is 1.57. The fraction of sp³-hybridized carbons (Fsp3) is 0.175. The molecule has 234 valence electrons. The van der Waals surface area contributed by atoms with Crippen molar-refractivity contribution in [2.45, 2.75) is 32.0 Å². The van der Waals surface area contributed by atoms with E-state index in [1.54, 1.807) is 23.2 Å². The summed E-state index contributed by atoms with van der Waals surface area (Å²) in [6, 6.07) is 36.9.